The quantitative estimate of drug-likeness (QED) is 0.720. The Morgan fingerprint density at radius 1 is 1.05 bits per heavy atom. The number of nitrogens with zero attached hydrogens (tertiary/aromatic N) is 3. The summed E-state index contributed by atoms with van der Waals surface area (Å²) < 4.78 is 7.34. The molecule has 3 aromatic rings. The number of rotatable bonds is 4. The van der Waals surface area contributed by atoms with Crippen molar-refractivity contribution in [1.29, 1.82) is 0 Å². The summed E-state index contributed by atoms with van der Waals surface area (Å²) in [4.78, 5) is 0. The summed E-state index contributed by atoms with van der Waals surface area (Å²) >= 11 is 11.9. The topological polar surface area (TPSA) is 39.9 Å². The minimum atomic E-state index is 0.214. The first-order valence-electron chi connectivity index (χ1n) is 6.26. The van der Waals surface area contributed by atoms with Crippen LogP contribution in [0.4, 0.5) is 0 Å². The van der Waals surface area contributed by atoms with E-state index in [1.807, 2.05) is 30.3 Å². The van der Waals surface area contributed by atoms with Gasteiger partial charge in [-0.05, 0) is 18.2 Å². The lowest BCUT2D eigenvalue weighted by atomic mass is 10.2. The monoisotopic (exact) mass is 319 g/mol. The molecule has 0 amide bonds. The maximum atomic E-state index is 6.07. The van der Waals surface area contributed by atoms with Gasteiger partial charge in [-0.25, -0.2) is 4.68 Å². The van der Waals surface area contributed by atoms with Crippen molar-refractivity contribution >= 4 is 23.2 Å². The summed E-state index contributed by atoms with van der Waals surface area (Å²) in [7, 11) is 0. The van der Waals surface area contributed by atoms with E-state index in [0.29, 0.717) is 15.8 Å². The average molecular weight is 320 g/mol. The van der Waals surface area contributed by atoms with Gasteiger partial charge in [-0.3, -0.25) is 0 Å². The molecule has 0 radical (unpaired) electrons. The first kappa shape index (κ1) is 13.9. The molecular weight excluding hydrogens is 309 g/mol. The number of hydrogen-bond donors (Lipinski definition) is 0. The smallest absolute Gasteiger partial charge is 0.183 e. The van der Waals surface area contributed by atoms with Crippen molar-refractivity contribution in [3.8, 4) is 17.0 Å². The molecule has 0 saturated heterocycles. The van der Waals surface area contributed by atoms with Crippen LogP contribution in [0.3, 0.4) is 0 Å². The third kappa shape index (κ3) is 3.17. The molecule has 0 aliphatic heterocycles. The maximum Gasteiger partial charge on any atom is 0.183 e. The van der Waals surface area contributed by atoms with E-state index in [0.717, 1.165) is 11.3 Å². The van der Waals surface area contributed by atoms with Gasteiger partial charge in [0.05, 0.1) is 16.9 Å². The zero-order chi connectivity index (χ0) is 14.7. The Kier molecular flexibility index (Phi) is 4.08. The number of aromatic nitrogens is 3. The van der Waals surface area contributed by atoms with E-state index >= 15 is 0 Å². The zero-order valence-electron chi connectivity index (χ0n) is 10.9. The predicted molar refractivity (Wildman–Crippen MR) is 82.5 cm³/mol. The zero-order valence-corrected chi connectivity index (χ0v) is 12.4. The van der Waals surface area contributed by atoms with Crippen LogP contribution in [0.25, 0.3) is 11.3 Å². The molecule has 0 N–H and O–H groups in total. The standard InChI is InChI=1S/C15H11Cl2N3O/c16-12-6-7-15(13(17)8-12)21-10-20-14(9-18-19-20)11-4-2-1-3-5-11/h1-9H,10H2. The Balaban J connectivity index is 1.79. The van der Waals surface area contributed by atoms with Gasteiger partial charge in [0.1, 0.15) is 5.75 Å². The molecule has 2 aromatic carbocycles. The fourth-order valence-electron chi connectivity index (χ4n) is 1.91. The molecule has 0 spiro atoms. The Hall–Kier alpha value is -2.04. The molecule has 0 fully saturated rings. The predicted octanol–water partition coefficient (Wildman–Crippen LogP) is 4.29. The second-order valence-electron chi connectivity index (χ2n) is 4.33. The van der Waals surface area contributed by atoms with Gasteiger partial charge in [-0.15, -0.1) is 5.10 Å². The van der Waals surface area contributed by atoms with Crippen molar-refractivity contribution in [2.45, 2.75) is 6.73 Å². The van der Waals surface area contributed by atoms with E-state index in [-0.39, 0.29) is 6.73 Å². The van der Waals surface area contributed by atoms with Crippen LogP contribution in [-0.2, 0) is 6.73 Å². The molecule has 0 saturated carbocycles. The summed E-state index contributed by atoms with van der Waals surface area (Å²) in [5.41, 5.74) is 1.90. The Morgan fingerprint density at radius 2 is 1.86 bits per heavy atom. The molecule has 1 heterocycles. The van der Waals surface area contributed by atoms with Crippen molar-refractivity contribution in [2.24, 2.45) is 0 Å². The lowest BCUT2D eigenvalue weighted by molar-refractivity contribution is 0.220. The molecule has 0 aliphatic rings. The van der Waals surface area contributed by atoms with E-state index < -0.39 is 0 Å². The highest BCUT2D eigenvalue weighted by atomic mass is 35.5. The van der Waals surface area contributed by atoms with Gasteiger partial charge < -0.3 is 4.74 Å². The molecule has 3 rings (SSSR count). The number of benzene rings is 2. The lowest BCUT2D eigenvalue weighted by Gasteiger charge is -2.10. The fourth-order valence-corrected chi connectivity index (χ4v) is 2.37. The Labute approximate surface area is 131 Å². The highest BCUT2D eigenvalue weighted by Crippen LogP contribution is 2.28. The van der Waals surface area contributed by atoms with Crippen molar-refractivity contribution in [3.05, 3.63) is 64.8 Å². The molecular formula is C15H11Cl2N3O. The number of ether oxygens (including phenoxy) is 1. The molecule has 106 valence electrons. The maximum absolute atomic E-state index is 6.07. The molecule has 0 bridgehead atoms. The molecule has 21 heavy (non-hydrogen) atoms. The summed E-state index contributed by atoms with van der Waals surface area (Å²) in [5, 5.41) is 8.98. The van der Waals surface area contributed by atoms with E-state index in [1.54, 1.807) is 29.1 Å². The summed E-state index contributed by atoms with van der Waals surface area (Å²) in [6.45, 7) is 0.214. The van der Waals surface area contributed by atoms with Crippen molar-refractivity contribution in [3.63, 3.8) is 0 Å². The van der Waals surface area contributed by atoms with E-state index in [9.17, 15) is 0 Å². The van der Waals surface area contributed by atoms with Crippen LogP contribution in [0.1, 0.15) is 0 Å². The minimum absolute atomic E-state index is 0.214. The van der Waals surface area contributed by atoms with Gasteiger partial charge in [0.2, 0.25) is 0 Å². The summed E-state index contributed by atoms with van der Waals surface area (Å²) in [5.74, 6) is 0.551. The third-order valence-electron chi connectivity index (χ3n) is 2.92. The SMILES string of the molecule is Clc1ccc(OCn2nncc2-c2ccccc2)c(Cl)c1. The molecule has 0 aliphatic carbocycles. The number of halogens is 2. The molecule has 6 heteroatoms. The minimum Gasteiger partial charge on any atom is -0.470 e. The van der Waals surface area contributed by atoms with Crippen LogP contribution in [-0.4, -0.2) is 15.0 Å². The number of hydrogen-bond acceptors (Lipinski definition) is 3. The fraction of sp³-hybridized carbons (Fsp3) is 0.0667. The first-order valence-corrected chi connectivity index (χ1v) is 7.01. The largest absolute Gasteiger partial charge is 0.470 e. The second-order valence-corrected chi connectivity index (χ2v) is 5.18. The van der Waals surface area contributed by atoms with E-state index in [4.69, 9.17) is 27.9 Å². The van der Waals surface area contributed by atoms with Gasteiger partial charge >= 0.3 is 0 Å². The van der Waals surface area contributed by atoms with Crippen LogP contribution < -0.4 is 4.74 Å². The highest BCUT2D eigenvalue weighted by molar-refractivity contribution is 6.35. The van der Waals surface area contributed by atoms with Gasteiger partial charge in [-0.1, -0.05) is 58.7 Å². The van der Waals surface area contributed by atoms with Crippen LogP contribution in [0.2, 0.25) is 10.0 Å². The molecule has 0 unspecified atom stereocenters. The van der Waals surface area contributed by atoms with Crippen LogP contribution in [0.5, 0.6) is 5.75 Å². The van der Waals surface area contributed by atoms with E-state index in [2.05, 4.69) is 10.3 Å². The van der Waals surface area contributed by atoms with Gasteiger partial charge in [0.15, 0.2) is 6.73 Å². The lowest BCUT2D eigenvalue weighted by Crippen LogP contribution is -2.08. The van der Waals surface area contributed by atoms with Gasteiger partial charge in [0, 0.05) is 10.6 Å². The van der Waals surface area contributed by atoms with Gasteiger partial charge in [-0.2, -0.15) is 0 Å². The van der Waals surface area contributed by atoms with Crippen LogP contribution in [0, 0.1) is 0 Å². The van der Waals surface area contributed by atoms with Crippen LogP contribution in [0.15, 0.2) is 54.7 Å². The molecule has 0 atom stereocenters. The second kappa shape index (κ2) is 6.16. The van der Waals surface area contributed by atoms with Crippen molar-refractivity contribution in [1.82, 2.24) is 15.0 Å². The van der Waals surface area contributed by atoms with Crippen molar-refractivity contribution < 1.29 is 4.74 Å². The molecule has 4 nitrogen and oxygen atoms in total. The first-order chi connectivity index (χ1) is 10.2. The molecule has 1 aromatic heterocycles. The Morgan fingerprint density at radius 3 is 2.62 bits per heavy atom. The van der Waals surface area contributed by atoms with Crippen LogP contribution >= 0.6 is 23.2 Å². The van der Waals surface area contributed by atoms with Gasteiger partial charge in [0.25, 0.3) is 0 Å². The van der Waals surface area contributed by atoms with E-state index in [1.165, 1.54) is 0 Å². The normalized spacial score (nSPS) is 10.6. The summed E-state index contributed by atoms with van der Waals surface area (Å²) in [6, 6.07) is 15.0. The average Bonchev–Trinajstić information content (AvgIpc) is 2.96. The summed E-state index contributed by atoms with van der Waals surface area (Å²) in [6.07, 6.45) is 1.70. The Bertz CT molecular complexity index is 744. The highest BCUT2D eigenvalue weighted by Gasteiger charge is 2.08. The third-order valence-corrected chi connectivity index (χ3v) is 3.45. The van der Waals surface area contributed by atoms with Crippen molar-refractivity contribution in [2.75, 3.05) is 0 Å².